The number of amides is 1. The molecular formula is C28H30N2O2. The number of ketones is 1. The summed E-state index contributed by atoms with van der Waals surface area (Å²) in [4.78, 5) is 27.1. The second kappa shape index (κ2) is 9.49. The summed E-state index contributed by atoms with van der Waals surface area (Å²) >= 11 is 0. The van der Waals surface area contributed by atoms with E-state index in [9.17, 15) is 9.59 Å². The molecule has 0 radical (unpaired) electrons. The molecule has 0 unspecified atom stereocenters. The van der Waals surface area contributed by atoms with E-state index < -0.39 is 5.41 Å². The van der Waals surface area contributed by atoms with Gasteiger partial charge in [-0.25, -0.2) is 0 Å². The zero-order valence-electron chi connectivity index (χ0n) is 18.5. The molecule has 1 heterocycles. The Bertz CT molecular complexity index is 1020. The Morgan fingerprint density at radius 2 is 1.47 bits per heavy atom. The van der Waals surface area contributed by atoms with Gasteiger partial charge >= 0.3 is 0 Å². The van der Waals surface area contributed by atoms with E-state index >= 15 is 0 Å². The van der Waals surface area contributed by atoms with Crippen LogP contribution in [0.1, 0.15) is 40.4 Å². The van der Waals surface area contributed by atoms with E-state index in [2.05, 4.69) is 4.90 Å². The third-order valence-electron chi connectivity index (χ3n) is 6.81. The molecule has 3 aromatic carbocycles. The van der Waals surface area contributed by atoms with Crippen molar-refractivity contribution in [2.75, 3.05) is 19.6 Å². The largest absolute Gasteiger partial charge is 0.369 e. The van der Waals surface area contributed by atoms with Gasteiger partial charge in [0.1, 0.15) is 5.41 Å². The van der Waals surface area contributed by atoms with Crippen LogP contribution in [0.4, 0.5) is 0 Å². The van der Waals surface area contributed by atoms with E-state index in [1.165, 1.54) is 5.56 Å². The summed E-state index contributed by atoms with van der Waals surface area (Å²) in [6.07, 6.45) is 1.82. The maximum absolute atomic E-state index is 13.2. The van der Waals surface area contributed by atoms with Crippen molar-refractivity contribution in [3.05, 3.63) is 107 Å². The highest BCUT2D eigenvalue weighted by Gasteiger charge is 2.49. The van der Waals surface area contributed by atoms with Gasteiger partial charge in [0, 0.05) is 18.7 Å². The van der Waals surface area contributed by atoms with Gasteiger partial charge in [0.2, 0.25) is 5.91 Å². The Morgan fingerprint density at radius 1 is 0.906 bits per heavy atom. The van der Waals surface area contributed by atoms with Gasteiger partial charge in [-0.2, -0.15) is 0 Å². The average molecular weight is 427 g/mol. The normalized spacial score (nSPS) is 16.7. The fraction of sp³-hybridized carbons (Fsp3) is 0.286. The first-order chi connectivity index (χ1) is 15.5. The molecule has 1 saturated heterocycles. The highest BCUT2D eigenvalue weighted by molar-refractivity contribution is 5.94. The monoisotopic (exact) mass is 426 g/mol. The van der Waals surface area contributed by atoms with Crippen molar-refractivity contribution < 1.29 is 9.59 Å². The van der Waals surface area contributed by atoms with Gasteiger partial charge in [-0.05, 0) is 48.9 Å². The quantitative estimate of drug-likeness (QED) is 0.549. The van der Waals surface area contributed by atoms with Crippen LogP contribution in [0.5, 0.6) is 0 Å². The number of likely N-dealkylation sites (tertiary alicyclic amines) is 1. The standard InChI is InChI=1S/C28H30N2O2/c1-21(31)23-14-12-22(13-15-23)16-18-30-19-17-26(20-30)28(27(29)32,24-8-4-2-5-9-24)25-10-6-3-7-11-25/h2-15,26H,16-20H2,1H3,(H2,29,32)/t26-/m1/s1. The van der Waals surface area contributed by atoms with Crippen LogP contribution in [-0.4, -0.2) is 36.2 Å². The molecule has 32 heavy (non-hydrogen) atoms. The van der Waals surface area contributed by atoms with Crippen molar-refractivity contribution in [3.63, 3.8) is 0 Å². The summed E-state index contributed by atoms with van der Waals surface area (Å²) in [7, 11) is 0. The molecule has 0 bridgehead atoms. The molecule has 1 aliphatic heterocycles. The van der Waals surface area contributed by atoms with Crippen LogP contribution in [0.3, 0.4) is 0 Å². The van der Waals surface area contributed by atoms with Crippen molar-refractivity contribution in [2.24, 2.45) is 11.7 Å². The lowest BCUT2D eigenvalue weighted by Crippen LogP contribution is -2.49. The topological polar surface area (TPSA) is 63.4 Å². The van der Waals surface area contributed by atoms with Crippen LogP contribution in [0.25, 0.3) is 0 Å². The number of nitrogens with two attached hydrogens (primary N) is 1. The number of hydrogen-bond acceptors (Lipinski definition) is 3. The number of carbonyl (C=O) groups is 2. The number of nitrogens with zero attached hydrogens (tertiary/aromatic N) is 1. The fourth-order valence-electron chi connectivity index (χ4n) is 5.11. The van der Waals surface area contributed by atoms with Gasteiger partial charge < -0.3 is 10.6 Å². The molecule has 4 rings (SSSR count). The molecule has 0 spiro atoms. The molecule has 1 aliphatic rings. The van der Waals surface area contributed by atoms with Gasteiger partial charge in [0.05, 0.1) is 0 Å². The minimum atomic E-state index is -0.847. The van der Waals surface area contributed by atoms with Crippen molar-refractivity contribution in [2.45, 2.75) is 25.2 Å². The van der Waals surface area contributed by atoms with Gasteiger partial charge in [-0.3, -0.25) is 9.59 Å². The molecule has 3 aromatic rings. The third-order valence-corrected chi connectivity index (χ3v) is 6.81. The molecule has 164 valence electrons. The Morgan fingerprint density at radius 3 is 1.97 bits per heavy atom. The zero-order valence-corrected chi connectivity index (χ0v) is 18.5. The Hall–Kier alpha value is -3.24. The Balaban J connectivity index is 1.56. The van der Waals surface area contributed by atoms with Crippen LogP contribution < -0.4 is 5.73 Å². The minimum absolute atomic E-state index is 0.0866. The van der Waals surface area contributed by atoms with Crippen molar-refractivity contribution in [3.8, 4) is 0 Å². The number of rotatable bonds is 8. The van der Waals surface area contributed by atoms with Gasteiger partial charge in [-0.1, -0.05) is 84.9 Å². The molecular weight excluding hydrogens is 396 g/mol. The van der Waals surface area contributed by atoms with E-state index in [4.69, 9.17) is 5.73 Å². The summed E-state index contributed by atoms with van der Waals surface area (Å²) in [6.45, 7) is 4.25. The van der Waals surface area contributed by atoms with Crippen molar-refractivity contribution in [1.29, 1.82) is 0 Å². The number of benzene rings is 3. The first-order valence-corrected chi connectivity index (χ1v) is 11.2. The maximum Gasteiger partial charge on any atom is 0.232 e. The second-order valence-corrected chi connectivity index (χ2v) is 8.69. The average Bonchev–Trinajstić information content (AvgIpc) is 3.29. The van der Waals surface area contributed by atoms with Crippen LogP contribution >= 0.6 is 0 Å². The highest BCUT2D eigenvalue weighted by Crippen LogP contribution is 2.43. The maximum atomic E-state index is 13.2. The molecule has 1 fully saturated rings. The summed E-state index contributed by atoms with van der Waals surface area (Å²) in [5, 5.41) is 0. The number of hydrogen-bond donors (Lipinski definition) is 1. The smallest absolute Gasteiger partial charge is 0.232 e. The van der Waals surface area contributed by atoms with Crippen molar-refractivity contribution in [1.82, 2.24) is 4.90 Å². The molecule has 0 aliphatic carbocycles. The third kappa shape index (κ3) is 4.23. The lowest BCUT2D eigenvalue weighted by molar-refractivity contribution is -0.123. The number of primary amides is 1. The Kier molecular flexibility index (Phi) is 6.52. The molecule has 1 atom stereocenters. The predicted octanol–water partition coefficient (Wildman–Crippen LogP) is 4.23. The molecule has 1 amide bonds. The molecule has 4 heteroatoms. The second-order valence-electron chi connectivity index (χ2n) is 8.69. The van der Waals surface area contributed by atoms with E-state index in [1.54, 1.807) is 6.92 Å². The fourth-order valence-corrected chi connectivity index (χ4v) is 5.11. The lowest BCUT2D eigenvalue weighted by Gasteiger charge is -2.37. The molecule has 0 saturated carbocycles. The SMILES string of the molecule is CC(=O)c1ccc(CCN2CC[C@@H](C(C(N)=O)(c3ccccc3)c3ccccc3)C2)cc1. The first-order valence-electron chi connectivity index (χ1n) is 11.2. The zero-order chi connectivity index (χ0) is 22.6. The molecule has 2 N–H and O–H groups in total. The van der Waals surface area contributed by atoms with Gasteiger partial charge in [0.25, 0.3) is 0 Å². The highest BCUT2D eigenvalue weighted by atomic mass is 16.1. The van der Waals surface area contributed by atoms with E-state index in [1.807, 2.05) is 84.9 Å². The predicted molar refractivity (Wildman–Crippen MR) is 128 cm³/mol. The Labute approximate surface area is 190 Å². The first kappa shape index (κ1) is 22.0. The van der Waals surface area contributed by atoms with Crippen LogP contribution in [-0.2, 0) is 16.6 Å². The number of Topliss-reactive ketones (excluding diaryl/α,β-unsaturated/α-hetero) is 1. The van der Waals surface area contributed by atoms with Crippen LogP contribution in [0.15, 0.2) is 84.9 Å². The lowest BCUT2D eigenvalue weighted by atomic mass is 9.64. The molecule has 4 nitrogen and oxygen atoms in total. The van der Waals surface area contributed by atoms with Gasteiger partial charge in [-0.15, -0.1) is 0 Å². The van der Waals surface area contributed by atoms with Crippen molar-refractivity contribution >= 4 is 11.7 Å². The summed E-state index contributed by atoms with van der Waals surface area (Å²) in [5.74, 6) is -0.102. The van der Waals surface area contributed by atoms with E-state index in [0.29, 0.717) is 0 Å². The van der Waals surface area contributed by atoms with Gasteiger partial charge in [0.15, 0.2) is 5.78 Å². The molecule has 0 aromatic heterocycles. The van der Waals surface area contributed by atoms with E-state index in [-0.39, 0.29) is 17.6 Å². The van der Waals surface area contributed by atoms with Crippen LogP contribution in [0.2, 0.25) is 0 Å². The summed E-state index contributed by atoms with van der Waals surface area (Å²) in [5.41, 5.74) is 9.22. The van der Waals surface area contributed by atoms with Crippen LogP contribution in [0, 0.1) is 5.92 Å². The van der Waals surface area contributed by atoms with E-state index in [0.717, 1.165) is 49.2 Å². The summed E-state index contributed by atoms with van der Waals surface area (Å²) < 4.78 is 0. The minimum Gasteiger partial charge on any atom is -0.369 e. The number of carbonyl (C=O) groups excluding carboxylic acids is 2. The summed E-state index contributed by atoms with van der Waals surface area (Å²) in [6, 6.07) is 27.8.